The highest BCUT2D eigenvalue weighted by molar-refractivity contribution is 7.19. The van der Waals surface area contributed by atoms with Crippen molar-refractivity contribution in [2.24, 2.45) is 0 Å². The molecule has 0 N–H and O–H groups in total. The number of pyridine rings is 2. The molecule has 2 nitrogen and oxygen atoms in total. The molecule has 5 aromatic rings. The third kappa shape index (κ3) is 4.75. The zero-order valence-electron chi connectivity index (χ0n) is 23.3. The Morgan fingerprint density at radius 1 is 0.658 bits per heavy atom. The molecule has 2 atom stereocenters. The van der Waals surface area contributed by atoms with Gasteiger partial charge in [-0.2, -0.15) is 0 Å². The summed E-state index contributed by atoms with van der Waals surface area (Å²) >= 11 is 0. The largest absolute Gasteiger partial charge is 0.251 e. The molecular formula is C33H38N2P2Si. The zero-order valence-corrected chi connectivity index (χ0v) is 26.6. The van der Waals surface area contributed by atoms with E-state index in [2.05, 4.69) is 144 Å². The van der Waals surface area contributed by atoms with E-state index in [9.17, 15) is 0 Å². The van der Waals surface area contributed by atoms with Crippen molar-refractivity contribution in [3.05, 3.63) is 113 Å². The van der Waals surface area contributed by atoms with Gasteiger partial charge in [-0.1, -0.05) is 106 Å². The first-order valence-electron chi connectivity index (χ1n) is 13.3. The normalized spacial score (nSPS) is 12.8. The number of nitrogens with zero attached hydrogens (tertiary/aromatic N) is 2. The second-order valence-corrected chi connectivity index (χ2v) is 18.6. The Morgan fingerprint density at radius 3 is 1.61 bits per heavy atom. The summed E-state index contributed by atoms with van der Waals surface area (Å²) in [7, 11) is 4.56. The van der Waals surface area contributed by atoms with E-state index in [0.717, 1.165) is 39.4 Å². The fourth-order valence-corrected chi connectivity index (χ4v) is 8.45. The van der Waals surface area contributed by atoms with Gasteiger partial charge in [-0.25, -0.2) is 0 Å². The monoisotopic (exact) mass is 552 g/mol. The highest BCUT2D eigenvalue weighted by Gasteiger charge is 2.42. The smallest absolute Gasteiger partial charge is 0.0939 e. The van der Waals surface area contributed by atoms with Gasteiger partial charge in [0.05, 0.1) is 35.7 Å². The average Bonchev–Trinajstić information content (AvgIpc) is 2.90. The van der Waals surface area contributed by atoms with Crippen LogP contribution < -0.4 is 5.19 Å². The Labute approximate surface area is 233 Å². The minimum Gasteiger partial charge on any atom is -0.251 e. The number of hydrogen-bond acceptors (Lipinski definition) is 2. The van der Waals surface area contributed by atoms with Gasteiger partial charge in [0.1, 0.15) is 0 Å². The average molecular weight is 553 g/mol. The van der Waals surface area contributed by atoms with Crippen molar-refractivity contribution in [2.75, 3.05) is 0 Å². The molecule has 0 amide bonds. The fraction of sp³-hybridized carbons (Fsp3) is 0.273. The van der Waals surface area contributed by atoms with Crippen LogP contribution in [0.3, 0.4) is 0 Å². The first-order valence-corrected chi connectivity index (χ1v) is 18.2. The van der Waals surface area contributed by atoms with E-state index >= 15 is 0 Å². The minimum absolute atomic E-state index is 0.0592. The lowest BCUT2D eigenvalue weighted by Gasteiger charge is -2.40. The summed E-state index contributed by atoms with van der Waals surface area (Å²) in [5.74, 6) is 0. The molecule has 0 fully saturated rings. The van der Waals surface area contributed by atoms with Crippen LogP contribution in [0.25, 0.3) is 21.8 Å². The third-order valence-electron chi connectivity index (χ3n) is 7.47. The van der Waals surface area contributed by atoms with E-state index in [1.54, 1.807) is 0 Å². The quantitative estimate of drug-likeness (QED) is 0.162. The molecule has 0 aliphatic carbocycles. The van der Waals surface area contributed by atoms with Gasteiger partial charge in [-0.15, -0.1) is 18.5 Å². The lowest BCUT2D eigenvalue weighted by atomic mass is 9.75. The molecule has 0 aliphatic heterocycles. The molecule has 2 heterocycles. The van der Waals surface area contributed by atoms with Crippen LogP contribution in [-0.4, -0.2) is 18.0 Å². The number of para-hydroxylation sites is 2. The fourth-order valence-electron chi connectivity index (χ4n) is 5.63. The Kier molecular flexibility index (Phi) is 7.10. The molecule has 3 aromatic carbocycles. The minimum atomic E-state index is -1.68. The van der Waals surface area contributed by atoms with Crippen molar-refractivity contribution < 1.29 is 0 Å². The van der Waals surface area contributed by atoms with E-state index in [-0.39, 0.29) is 5.41 Å². The van der Waals surface area contributed by atoms with Crippen LogP contribution >= 0.6 is 18.5 Å². The zero-order chi connectivity index (χ0) is 27.3. The lowest BCUT2D eigenvalue weighted by molar-refractivity contribution is 0.578. The molecule has 0 saturated carbocycles. The summed E-state index contributed by atoms with van der Waals surface area (Å²) in [5.41, 5.74) is 8.04. The van der Waals surface area contributed by atoms with E-state index < -0.39 is 13.2 Å². The molecule has 2 aromatic heterocycles. The van der Waals surface area contributed by atoms with Crippen LogP contribution in [0, 0.1) is 0 Å². The molecule has 0 spiro atoms. The second-order valence-electron chi connectivity index (χ2n) is 12.3. The Bertz CT molecular complexity index is 1570. The van der Waals surface area contributed by atoms with E-state index in [0.29, 0.717) is 0 Å². The Balaban J connectivity index is 1.96. The van der Waals surface area contributed by atoms with Gasteiger partial charge in [0, 0.05) is 10.8 Å². The predicted octanol–water partition coefficient (Wildman–Crippen LogP) is 8.17. The van der Waals surface area contributed by atoms with Crippen LogP contribution in [0.15, 0.2) is 84.9 Å². The van der Waals surface area contributed by atoms with Crippen molar-refractivity contribution in [3.8, 4) is 0 Å². The van der Waals surface area contributed by atoms with Crippen LogP contribution in [-0.2, 0) is 16.7 Å². The number of aromatic nitrogens is 2. The van der Waals surface area contributed by atoms with Gasteiger partial charge < -0.3 is 0 Å². The summed E-state index contributed by atoms with van der Waals surface area (Å²) < 4.78 is 0. The molecule has 194 valence electrons. The van der Waals surface area contributed by atoms with Crippen LogP contribution in [0.2, 0.25) is 19.6 Å². The van der Waals surface area contributed by atoms with Gasteiger partial charge in [0.25, 0.3) is 0 Å². The number of rotatable bonds is 5. The van der Waals surface area contributed by atoms with Gasteiger partial charge >= 0.3 is 0 Å². The van der Waals surface area contributed by atoms with Crippen LogP contribution in [0.1, 0.15) is 48.8 Å². The second kappa shape index (κ2) is 9.94. The van der Waals surface area contributed by atoms with Crippen molar-refractivity contribution in [1.82, 2.24) is 9.97 Å². The molecule has 5 heteroatoms. The maximum Gasteiger partial charge on any atom is 0.0939 e. The molecule has 0 radical (unpaired) electrons. The van der Waals surface area contributed by atoms with Crippen molar-refractivity contribution in [2.45, 2.75) is 57.1 Å². The van der Waals surface area contributed by atoms with Gasteiger partial charge in [0.15, 0.2) is 0 Å². The maximum absolute atomic E-state index is 5.31. The first-order chi connectivity index (χ1) is 17.9. The van der Waals surface area contributed by atoms with Gasteiger partial charge in [0.2, 0.25) is 0 Å². The molecule has 0 aliphatic rings. The molecule has 2 unspecified atom stereocenters. The van der Waals surface area contributed by atoms with E-state index in [1.165, 1.54) is 21.9 Å². The molecule has 5 rings (SSSR count). The first kappa shape index (κ1) is 27.1. The Morgan fingerprint density at radius 2 is 1.16 bits per heavy atom. The molecule has 0 bridgehead atoms. The number of benzene rings is 3. The van der Waals surface area contributed by atoms with Gasteiger partial charge in [-0.3, -0.25) is 9.97 Å². The Hall–Kier alpha value is -2.44. The number of fused-ring (bicyclic) bond motifs is 2. The highest BCUT2D eigenvalue weighted by Crippen LogP contribution is 2.49. The lowest BCUT2D eigenvalue weighted by Crippen LogP contribution is -2.46. The summed E-state index contributed by atoms with van der Waals surface area (Å²) in [6, 6.07) is 30.3. The third-order valence-corrected chi connectivity index (χ3v) is 10.8. The number of hydrogen-bond donors (Lipinski definition) is 0. The van der Waals surface area contributed by atoms with E-state index in [4.69, 9.17) is 9.97 Å². The van der Waals surface area contributed by atoms with Crippen LogP contribution in [0.4, 0.5) is 0 Å². The molecular weight excluding hydrogens is 514 g/mol. The SMILES string of the molecule is CC(C)(C)c1c([Si](C)(C)C)ccc(CP)c1C(P)(c1ccc2ccccc2n1)c1ccc2ccccc2n1. The summed E-state index contributed by atoms with van der Waals surface area (Å²) in [6.45, 7) is 14.4. The summed E-state index contributed by atoms with van der Waals surface area (Å²) in [5, 5.41) is 3.18. The summed E-state index contributed by atoms with van der Waals surface area (Å²) in [6.07, 6.45) is 0.863. The summed E-state index contributed by atoms with van der Waals surface area (Å²) in [4.78, 5) is 10.6. The molecule has 38 heavy (non-hydrogen) atoms. The maximum atomic E-state index is 5.31. The highest BCUT2D eigenvalue weighted by atomic mass is 31.0. The standard InChI is InChI=1S/C33H38N2P2Si/c1-32(2,3)31-27(38(4,5)6)18-15-24(21-36)30(31)33(37,28-19-16-22-11-7-9-13-25(22)34-28)29-20-17-23-12-8-10-14-26(23)35-29/h7-20H,21,36-37H2,1-6H3. The van der Waals surface area contributed by atoms with Crippen LogP contribution in [0.5, 0.6) is 0 Å². The predicted molar refractivity (Wildman–Crippen MR) is 175 cm³/mol. The topological polar surface area (TPSA) is 25.8 Å². The van der Waals surface area contributed by atoms with Crippen molar-refractivity contribution in [1.29, 1.82) is 0 Å². The molecule has 0 saturated heterocycles. The van der Waals surface area contributed by atoms with Crippen molar-refractivity contribution in [3.63, 3.8) is 0 Å². The van der Waals surface area contributed by atoms with Crippen molar-refractivity contribution >= 4 is 53.5 Å². The van der Waals surface area contributed by atoms with Gasteiger partial charge in [-0.05, 0) is 52.5 Å². The van der Waals surface area contributed by atoms with E-state index in [1.807, 2.05) is 0 Å².